The summed E-state index contributed by atoms with van der Waals surface area (Å²) in [5.74, 6) is -0.192. The van der Waals surface area contributed by atoms with Gasteiger partial charge in [-0.05, 0) is 42.8 Å². The average molecular weight is 308 g/mol. The lowest BCUT2D eigenvalue weighted by Crippen LogP contribution is -1.84. The summed E-state index contributed by atoms with van der Waals surface area (Å²) < 4.78 is 13.9. The summed E-state index contributed by atoms with van der Waals surface area (Å²) in [6.07, 6.45) is 1.52. The number of hydrogen-bond acceptors (Lipinski definition) is 2. The van der Waals surface area contributed by atoms with Gasteiger partial charge in [-0.15, -0.1) is 0 Å². The number of benzene rings is 2. The molecule has 0 fully saturated rings. The van der Waals surface area contributed by atoms with E-state index in [0.717, 1.165) is 10.0 Å². The van der Waals surface area contributed by atoms with Gasteiger partial charge in [0.05, 0.1) is 5.69 Å². The van der Waals surface area contributed by atoms with Crippen molar-refractivity contribution in [3.63, 3.8) is 0 Å². The van der Waals surface area contributed by atoms with Crippen LogP contribution < -0.4 is 0 Å². The molecule has 92 valence electrons. The predicted molar refractivity (Wildman–Crippen MR) is 74.2 cm³/mol. The molecule has 2 rings (SSSR count). The minimum atomic E-state index is -0.328. The Balaban J connectivity index is 2.35. The number of phenols is 1. The molecule has 0 aromatic heterocycles. The zero-order valence-corrected chi connectivity index (χ0v) is 11.3. The van der Waals surface area contributed by atoms with Crippen LogP contribution in [0.3, 0.4) is 0 Å². The van der Waals surface area contributed by atoms with E-state index in [-0.39, 0.29) is 11.6 Å². The molecule has 0 unspecified atom stereocenters. The third-order valence-corrected chi connectivity index (χ3v) is 3.00. The number of aryl methyl sites for hydroxylation is 1. The lowest BCUT2D eigenvalue weighted by Gasteiger charge is -2.01. The van der Waals surface area contributed by atoms with Crippen LogP contribution in [-0.4, -0.2) is 11.3 Å². The van der Waals surface area contributed by atoms with E-state index in [1.165, 1.54) is 18.3 Å². The molecule has 0 bridgehead atoms. The van der Waals surface area contributed by atoms with Gasteiger partial charge in [0, 0.05) is 16.3 Å². The average Bonchev–Trinajstić information content (AvgIpc) is 2.34. The first-order valence-corrected chi connectivity index (χ1v) is 6.14. The molecule has 0 saturated carbocycles. The van der Waals surface area contributed by atoms with Crippen LogP contribution in [0.1, 0.15) is 11.1 Å². The molecule has 0 aliphatic carbocycles. The molecule has 2 aromatic rings. The van der Waals surface area contributed by atoms with E-state index in [9.17, 15) is 9.50 Å². The van der Waals surface area contributed by atoms with Crippen molar-refractivity contribution in [2.75, 3.05) is 0 Å². The van der Waals surface area contributed by atoms with Gasteiger partial charge in [0.2, 0.25) is 0 Å². The molecular formula is C14H11BrFNO. The van der Waals surface area contributed by atoms with Gasteiger partial charge in [-0.25, -0.2) is 4.39 Å². The number of aliphatic imine (C=N–C) groups is 1. The fourth-order valence-corrected chi connectivity index (χ4v) is 1.87. The van der Waals surface area contributed by atoms with Crippen LogP contribution in [0, 0.1) is 12.7 Å². The molecule has 0 heterocycles. The number of hydrogen-bond donors (Lipinski definition) is 1. The van der Waals surface area contributed by atoms with Gasteiger partial charge >= 0.3 is 0 Å². The monoisotopic (exact) mass is 307 g/mol. The van der Waals surface area contributed by atoms with Crippen LogP contribution in [0.5, 0.6) is 5.75 Å². The quantitative estimate of drug-likeness (QED) is 0.822. The maximum atomic E-state index is 13.1. The SMILES string of the molecule is Cc1ccc(F)cc1N=Cc1cc(Br)ccc1O. The van der Waals surface area contributed by atoms with Gasteiger partial charge < -0.3 is 5.11 Å². The molecule has 0 atom stereocenters. The molecule has 18 heavy (non-hydrogen) atoms. The van der Waals surface area contributed by atoms with Crippen molar-refractivity contribution in [3.8, 4) is 5.75 Å². The Kier molecular flexibility index (Phi) is 3.77. The molecule has 2 nitrogen and oxygen atoms in total. The van der Waals surface area contributed by atoms with E-state index >= 15 is 0 Å². The van der Waals surface area contributed by atoms with E-state index in [2.05, 4.69) is 20.9 Å². The molecular weight excluding hydrogens is 297 g/mol. The highest BCUT2D eigenvalue weighted by Gasteiger charge is 2.01. The number of halogens is 2. The topological polar surface area (TPSA) is 32.6 Å². The first-order chi connectivity index (χ1) is 8.56. The Hall–Kier alpha value is -1.68. The molecule has 0 amide bonds. The van der Waals surface area contributed by atoms with Crippen LogP contribution >= 0.6 is 15.9 Å². The molecule has 0 aliphatic heterocycles. The number of rotatable bonds is 2. The second kappa shape index (κ2) is 5.31. The third kappa shape index (κ3) is 2.96. The highest BCUT2D eigenvalue weighted by Crippen LogP contribution is 2.23. The summed E-state index contributed by atoms with van der Waals surface area (Å²) in [4.78, 5) is 4.19. The second-order valence-electron chi connectivity index (χ2n) is 3.89. The number of nitrogens with zero attached hydrogens (tertiary/aromatic N) is 1. The zero-order valence-electron chi connectivity index (χ0n) is 9.69. The maximum Gasteiger partial charge on any atom is 0.125 e. The summed E-state index contributed by atoms with van der Waals surface area (Å²) in [7, 11) is 0. The molecule has 1 N–H and O–H groups in total. The molecule has 0 spiro atoms. The lowest BCUT2D eigenvalue weighted by atomic mass is 10.2. The standard InChI is InChI=1S/C14H11BrFNO/c1-9-2-4-12(16)7-13(9)17-8-10-6-11(15)3-5-14(10)18/h2-8,18H,1H3. The van der Waals surface area contributed by atoms with Gasteiger partial charge in [0.15, 0.2) is 0 Å². The molecule has 0 saturated heterocycles. The van der Waals surface area contributed by atoms with Crippen LogP contribution in [-0.2, 0) is 0 Å². The van der Waals surface area contributed by atoms with E-state index in [1.807, 2.05) is 6.92 Å². The van der Waals surface area contributed by atoms with Crippen molar-refractivity contribution in [2.45, 2.75) is 6.92 Å². The third-order valence-electron chi connectivity index (χ3n) is 2.50. The summed E-state index contributed by atoms with van der Waals surface area (Å²) >= 11 is 3.32. The van der Waals surface area contributed by atoms with E-state index in [4.69, 9.17) is 0 Å². The Morgan fingerprint density at radius 1 is 1.22 bits per heavy atom. The highest BCUT2D eigenvalue weighted by atomic mass is 79.9. The van der Waals surface area contributed by atoms with Crippen LogP contribution in [0.15, 0.2) is 45.9 Å². The Labute approximate surface area is 113 Å². The van der Waals surface area contributed by atoms with Crippen molar-refractivity contribution in [1.29, 1.82) is 0 Å². The van der Waals surface area contributed by atoms with Crippen molar-refractivity contribution in [2.24, 2.45) is 4.99 Å². The fraction of sp³-hybridized carbons (Fsp3) is 0.0714. The van der Waals surface area contributed by atoms with E-state index < -0.39 is 0 Å². The van der Waals surface area contributed by atoms with Crippen LogP contribution in [0.4, 0.5) is 10.1 Å². The predicted octanol–water partition coefficient (Wildman–Crippen LogP) is 4.35. The number of aromatic hydroxyl groups is 1. The van der Waals surface area contributed by atoms with Gasteiger partial charge in [0.1, 0.15) is 11.6 Å². The number of phenolic OH excluding ortho intramolecular Hbond substituents is 1. The first kappa shape index (κ1) is 12.8. The van der Waals surface area contributed by atoms with Gasteiger partial charge in [-0.3, -0.25) is 4.99 Å². The minimum absolute atomic E-state index is 0.135. The summed E-state index contributed by atoms with van der Waals surface area (Å²) in [6, 6.07) is 9.48. The molecule has 4 heteroatoms. The lowest BCUT2D eigenvalue weighted by molar-refractivity contribution is 0.474. The first-order valence-electron chi connectivity index (χ1n) is 5.35. The van der Waals surface area contributed by atoms with Crippen LogP contribution in [0.2, 0.25) is 0 Å². The minimum Gasteiger partial charge on any atom is -0.507 e. The Morgan fingerprint density at radius 2 is 2.00 bits per heavy atom. The largest absolute Gasteiger partial charge is 0.507 e. The summed E-state index contributed by atoms with van der Waals surface area (Å²) in [5, 5.41) is 9.65. The van der Waals surface area contributed by atoms with Crippen molar-refractivity contribution in [1.82, 2.24) is 0 Å². The Bertz CT molecular complexity index is 557. The smallest absolute Gasteiger partial charge is 0.125 e. The van der Waals surface area contributed by atoms with Gasteiger partial charge in [-0.1, -0.05) is 22.0 Å². The Morgan fingerprint density at radius 3 is 2.78 bits per heavy atom. The fourth-order valence-electron chi connectivity index (χ4n) is 1.49. The van der Waals surface area contributed by atoms with Crippen molar-refractivity contribution < 1.29 is 9.50 Å². The second-order valence-corrected chi connectivity index (χ2v) is 4.81. The summed E-state index contributed by atoms with van der Waals surface area (Å²) in [6.45, 7) is 1.85. The zero-order chi connectivity index (χ0) is 13.1. The molecule has 0 aliphatic rings. The van der Waals surface area contributed by atoms with Crippen molar-refractivity contribution in [3.05, 3.63) is 57.8 Å². The molecule has 2 aromatic carbocycles. The molecule has 0 radical (unpaired) electrons. The van der Waals surface area contributed by atoms with Crippen LogP contribution in [0.25, 0.3) is 0 Å². The highest BCUT2D eigenvalue weighted by molar-refractivity contribution is 9.10. The summed E-state index contributed by atoms with van der Waals surface area (Å²) in [5.41, 5.74) is 2.00. The van der Waals surface area contributed by atoms with Gasteiger partial charge in [0.25, 0.3) is 0 Å². The van der Waals surface area contributed by atoms with E-state index in [1.54, 1.807) is 24.3 Å². The van der Waals surface area contributed by atoms with E-state index in [0.29, 0.717) is 11.3 Å². The van der Waals surface area contributed by atoms with Gasteiger partial charge in [-0.2, -0.15) is 0 Å². The maximum absolute atomic E-state index is 13.1. The normalized spacial score (nSPS) is 11.1. The van der Waals surface area contributed by atoms with Crippen molar-refractivity contribution >= 4 is 27.8 Å².